The van der Waals surface area contributed by atoms with Crippen molar-refractivity contribution < 1.29 is 4.74 Å². The van der Waals surface area contributed by atoms with E-state index in [0.29, 0.717) is 6.04 Å². The lowest BCUT2D eigenvalue weighted by molar-refractivity contribution is -0.0837. The van der Waals surface area contributed by atoms with Crippen molar-refractivity contribution in [2.75, 3.05) is 13.7 Å². The first-order chi connectivity index (χ1) is 9.23. The van der Waals surface area contributed by atoms with Gasteiger partial charge in [0.2, 0.25) is 0 Å². The number of benzene rings is 1. The summed E-state index contributed by atoms with van der Waals surface area (Å²) in [4.78, 5) is 0. The van der Waals surface area contributed by atoms with Gasteiger partial charge in [-0.2, -0.15) is 0 Å². The fourth-order valence-corrected chi connectivity index (χ4v) is 3.02. The van der Waals surface area contributed by atoms with Gasteiger partial charge >= 0.3 is 0 Å². The van der Waals surface area contributed by atoms with Gasteiger partial charge in [-0.3, -0.25) is 0 Å². The molecule has 0 aromatic heterocycles. The Balaban J connectivity index is 2.14. The fourth-order valence-electron chi connectivity index (χ4n) is 3.02. The highest BCUT2D eigenvalue weighted by atomic mass is 16.5. The van der Waals surface area contributed by atoms with E-state index in [4.69, 9.17) is 4.74 Å². The quantitative estimate of drug-likeness (QED) is 0.804. The zero-order valence-electron chi connectivity index (χ0n) is 12.5. The van der Waals surface area contributed by atoms with Crippen molar-refractivity contribution in [2.24, 2.45) is 0 Å². The average molecular weight is 261 g/mol. The Labute approximate surface area is 117 Å². The van der Waals surface area contributed by atoms with Crippen LogP contribution in [-0.4, -0.2) is 19.3 Å². The molecule has 2 nitrogen and oxygen atoms in total. The fraction of sp³-hybridized carbons (Fsp3) is 0.647. The summed E-state index contributed by atoms with van der Waals surface area (Å²) in [5.41, 5.74) is 2.94. The number of ether oxygens (including phenoxy) is 1. The lowest BCUT2D eigenvalue weighted by atomic mass is 9.74. The third-order valence-corrected chi connectivity index (χ3v) is 4.49. The van der Waals surface area contributed by atoms with Gasteiger partial charge in [0.05, 0.1) is 5.60 Å². The molecule has 0 radical (unpaired) electrons. The van der Waals surface area contributed by atoms with Crippen LogP contribution in [-0.2, 0) is 11.2 Å². The lowest BCUT2D eigenvalue weighted by Gasteiger charge is -2.43. The Kier molecular flexibility index (Phi) is 5.00. The SMILES string of the molecule is CCNC(CC1(OC)CCC1)c1cccc(CC)c1. The Morgan fingerprint density at radius 2 is 2.11 bits per heavy atom. The minimum atomic E-state index is 0.120. The van der Waals surface area contributed by atoms with E-state index in [0.717, 1.165) is 19.4 Å². The highest BCUT2D eigenvalue weighted by Gasteiger charge is 2.39. The summed E-state index contributed by atoms with van der Waals surface area (Å²) in [5.74, 6) is 0. The van der Waals surface area contributed by atoms with Crippen molar-refractivity contribution in [3.8, 4) is 0 Å². The molecular weight excluding hydrogens is 234 g/mol. The van der Waals surface area contributed by atoms with Gasteiger partial charge in [-0.1, -0.05) is 38.1 Å². The molecule has 0 heterocycles. The van der Waals surface area contributed by atoms with Crippen molar-refractivity contribution in [3.63, 3.8) is 0 Å². The third-order valence-electron chi connectivity index (χ3n) is 4.49. The largest absolute Gasteiger partial charge is 0.378 e. The van der Waals surface area contributed by atoms with Crippen LogP contribution < -0.4 is 5.32 Å². The van der Waals surface area contributed by atoms with E-state index in [1.165, 1.54) is 30.4 Å². The minimum Gasteiger partial charge on any atom is -0.378 e. The van der Waals surface area contributed by atoms with Crippen molar-refractivity contribution >= 4 is 0 Å². The normalized spacial score (nSPS) is 18.9. The summed E-state index contributed by atoms with van der Waals surface area (Å²) in [7, 11) is 1.87. The van der Waals surface area contributed by atoms with Crippen LogP contribution in [0.15, 0.2) is 24.3 Å². The van der Waals surface area contributed by atoms with Crippen molar-refractivity contribution in [1.82, 2.24) is 5.32 Å². The molecule has 1 fully saturated rings. The van der Waals surface area contributed by atoms with Gasteiger partial charge in [0, 0.05) is 13.2 Å². The van der Waals surface area contributed by atoms with E-state index < -0.39 is 0 Å². The van der Waals surface area contributed by atoms with Gasteiger partial charge < -0.3 is 10.1 Å². The first kappa shape index (κ1) is 14.5. The highest BCUT2D eigenvalue weighted by molar-refractivity contribution is 5.26. The van der Waals surface area contributed by atoms with Gasteiger partial charge in [0.25, 0.3) is 0 Å². The summed E-state index contributed by atoms with van der Waals surface area (Å²) >= 11 is 0. The summed E-state index contributed by atoms with van der Waals surface area (Å²) in [6.07, 6.45) is 5.91. The molecule has 0 amide bonds. The van der Waals surface area contributed by atoms with E-state index in [-0.39, 0.29) is 5.60 Å². The second kappa shape index (κ2) is 6.53. The highest BCUT2D eigenvalue weighted by Crippen LogP contribution is 2.41. The van der Waals surface area contributed by atoms with Gasteiger partial charge in [-0.05, 0) is 49.8 Å². The standard InChI is InChI=1S/C17H27NO/c1-4-14-8-6-9-15(12-14)16(18-5-2)13-17(19-3)10-7-11-17/h6,8-9,12,16,18H,4-5,7,10-11,13H2,1-3H3. The Hall–Kier alpha value is -0.860. The second-order valence-electron chi connectivity index (χ2n) is 5.65. The summed E-state index contributed by atoms with van der Waals surface area (Å²) in [5, 5.41) is 3.63. The minimum absolute atomic E-state index is 0.120. The molecule has 1 unspecified atom stereocenters. The van der Waals surface area contributed by atoms with Crippen LogP contribution in [0.2, 0.25) is 0 Å². The molecule has 1 aromatic rings. The Morgan fingerprint density at radius 1 is 1.32 bits per heavy atom. The van der Waals surface area contributed by atoms with Gasteiger partial charge in [-0.15, -0.1) is 0 Å². The number of rotatable bonds is 7. The molecule has 0 aliphatic heterocycles. The monoisotopic (exact) mass is 261 g/mol. The maximum Gasteiger partial charge on any atom is 0.0697 e. The summed E-state index contributed by atoms with van der Waals surface area (Å²) < 4.78 is 5.79. The van der Waals surface area contributed by atoms with Crippen molar-refractivity contribution in [1.29, 1.82) is 0 Å². The van der Waals surface area contributed by atoms with Crippen LogP contribution >= 0.6 is 0 Å². The summed E-state index contributed by atoms with van der Waals surface area (Å²) in [6, 6.07) is 9.39. The molecule has 2 heteroatoms. The number of nitrogens with one attached hydrogen (secondary N) is 1. The van der Waals surface area contributed by atoms with Gasteiger partial charge in [-0.25, -0.2) is 0 Å². The molecule has 1 atom stereocenters. The Bertz CT molecular complexity index is 392. The molecule has 2 rings (SSSR count). The molecule has 1 N–H and O–H groups in total. The number of aryl methyl sites for hydroxylation is 1. The first-order valence-corrected chi connectivity index (χ1v) is 7.60. The lowest BCUT2D eigenvalue weighted by Crippen LogP contribution is -2.42. The van der Waals surface area contributed by atoms with Crippen LogP contribution in [0.3, 0.4) is 0 Å². The molecular formula is C17H27NO. The van der Waals surface area contributed by atoms with Gasteiger partial charge in [0.15, 0.2) is 0 Å². The maximum atomic E-state index is 5.79. The van der Waals surface area contributed by atoms with E-state index in [1.807, 2.05) is 7.11 Å². The second-order valence-corrected chi connectivity index (χ2v) is 5.65. The van der Waals surface area contributed by atoms with Gasteiger partial charge in [0.1, 0.15) is 0 Å². The first-order valence-electron chi connectivity index (χ1n) is 7.60. The van der Waals surface area contributed by atoms with Crippen molar-refractivity contribution in [2.45, 2.75) is 57.6 Å². The molecule has 1 aromatic carbocycles. The van der Waals surface area contributed by atoms with E-state index in [2.05, 4.69) is 43.4 Å². The molecule has 0 saturated heterocycles. The summed E-state index contributed by atoms with van der Waals surface area (Å²) in [6.45, 7) is 5.39. The van der Waals surface area contributed by atoms with Crippen LogP contribution in [0, 0.1) is 0 Å². The number of hydrogen-bond acceptors (Lipinski definition) is 2. The zero-order chi connectivity index (χ0) is 13.7. The smallest absolute Gasteiger partial charge is 0.0697 e. The molecule has 1 aliphatic rings. The predicted molar refractivity (Wildman–Crippen MR) is 80.4 cm³/mol. The molecule has 1 aliphatic carbocycles. The van der Waals surface area contributed by atoms with Crippen LogP contribution in [0.25, 0.3) is 0 Å². The third kappa shape index (κ3) is 3.37. The van der Waals surface area contributed by atoms with Crippen LogP contribution in [0.4, 0.5) is 0 Å². The molecule has 1 saturated carbocycles. The number of methoxy groups -OCH3 is 1. The Morgan fingerprint density at radius 3 is 2.63 bits per heavy atom. The van der Waals surface area contributed by atoms with E-state index in [9.17, 15) is 0 Å². The average Bonchev–Trinajstić information content (AvgIpc) is 2.41. The zero-order valence-corrected chi connectivity index (χ0v) is 12.5. The van der Waals surface area contributed by atoms with Crippen LogP contribution in [0.5, 0.6) is 0 Å². The number of hydrogen-bond donors (Lipinski definition) is 1. The maximum absolute atomic E-state index is 5.79. The molecule has 106 valence electrons. The van der Waals surface area contributed by atoms with Crippen LogP contribution in [0.1, 0.15) is 56.7 Å². The topological polar surface area (TPSA) is 21.3 Å². The van der Waals surface area contributed by atoms with Crippen molar-refractivity contribution in [3.05, 3.63) is 35.4 Å². The molecule has 19 heavy (non-hydrogen) atoms. The van der Waals surface area contributed by atoms with E-state index >= 15 is 0 Å². The molecule has 0 spiro atoms. The molecule has 0 bridgehead atoms. The predicted octanol–water partition coefficient (Wildman–Crippen LogP) is 3.86. The van der Waals surface area contributed by atoms with E-state index in [1.54, 1.807) is 0 Å².